The number of aryl methyl sites for hydroxylation is 1. The van der Waals surface area contributed by atoms with Crippen molar-refractivity contribution in [3.8, 4) is 22.3 Å². The maximum atomic E-state index is 2.43. The van der Waals surface area contributed by atoms with Gasteiger partial charge in [-0.2, -0.15) is 0 Å². The van der Waals surface area contributed by atoms with E-state index in [4.69, 9.17) is 0 Å². The van der Waals surface area contributed by atoms with Crippen molar-refractivity contribution in [3.05, 3.63) is 121 Å². The Kier molecular flexibility index (Phi) is 3.45. The van der Waals surface area contributed by atoms with Gasteiger partial charge in [-0.3, -0.25) is 0 Å². The summed E-state index contributed by atoms with van der Waals surface area (Å²) in [5.74, 6) is 0. The molecule has 0 aromatic heterocycles. The smallest absolute Gasteiger partial charge is 0.0623 e. The first-order valence-corrected chi connectivity index (χ1v) is 14.0. The molecule has 8 rings (SSSR count). The Labute approximate surface area is 200 Å². The number of fused-ring (bicyclic) bond motifs is 15. The molecule has 0 unspecified atom stereocenters. The SMILES string of the molecule is Cc1ccc2c3c(c4ccccc4c2c1)[Si]1(c2ccccc2-c2ccccc21)c1ccccc1-3. The molecule has 0 atom stereocenters. The minimum Gasteiger partial charge on any atom is -0.0623 e. The quantitative estimate of drug-likeness (QED) is 0.209. The average molecular weight is 447 g/mol. The van der Waals surface area contributed by atoms with Crippen LogP contribution in [-0.2, 0) is 0 Å². The Morgan fingerprint density at radius 1 is 0.441 bits per heavy atom. The van der Waals surface area contributed by atoms with Crippen LogP contribution in [-0.4, -0.2) is 8.07 Å². The predicted octanol–water partition coefficient (Wildman–Crippen LogP) is 5.64. The van der Waals surface area contributed by atoms with Crippen LogP contribution in [0.1, 0.15) is 5.56 Å². The van der Waals surface area contributed by atoms with E-state index in [0.717, 1.165) is 0 Å². The number of rotatable bonds is 0. The number of benzene rings is 6. The van der Waals surface area contributed by atoms with Crippen molar-refractivity contribution in [3.63, 3.8) is 0 Å². The molecule has 0 fully saturated rings. The van der Waals surface area contributed by atoms with Gasteiger partial charge in [-0.15, -0.1) is 0 Å². The Hall–Kier alpha value is -3.94. The van der Waals surface area contributed by atoms with Crippen LogP contribution in [0, 0.1) is 6.92 Å². The fraction of sp³-hybridized carbons (Fsp3) is 0.0303. The summed E-state index contributed by atoms with van der Waals surface area (Å²) in [4.78, 5) is 0. The van der Waals surface area contributed by atoms with Gasteiger partial charge in [0.25, 0.3) is 0 Å². The molecule has 0 saturated heterocycles. The predicted molar refractivity (Wildman–Crippen MR) is 148 cm³/mol. The molecule has 0 nitrogen and oxygen atoms in total. The summed E-state index contributed by atoms with van der Waals surface area (Å²) < 4.78 is 0. The Balaban J connectivity index is 1.71. The third kappa shape index (κ3) is 2.01. The third-order valence-corrected chi connectivity index (χ3v) is 13.1. The monoisotopic (exact) mass is 446 g/mol. The lowest BCUT2D eigenvalue weighted by Gasteiger charge is -2.29. The summed E-state index contributed by atoms with van der Waals surface area (Å²) in [6.45, 7) is 2.20. The van der Waals surface area contributed by atoms with Crippen LogP contribution in [0.15, 0.2) is 115 Å². The second kappa shape index (κ2) is 6.34. The highest BCUT2D eigenvalue weighted by atomic mass is 28.3. The Morgan fingerprint density at radius 3 is 1.65 bits per heavy atom. The maximum absolute atomic E-state index is 2.45. The van der Waals surface area contributed by atoms with Crippen LogP contribution in [0.2, 0.25) is 0 Å². The molecule has 6 aromatic rings. The fourth-order valence-corrected chi connectivity index (χ4v) is 12.8. The summed E-state index contributed by atoms with van der Waals surface area (Å²) in [5.41, 5.74) is 7.03. The van der Waals surface area contributed by atoms with E-state index in [1.165, 1.54) is 49.4 Å². The highest BCUT2D eigenvalue weighted by Gasteiger charge is 2.54. The standard InChI is InChI=1S/C33H22Si/c1-21-18-19-25-28(20-21)22-10-2-3-13-26(22)33-32(25)27-14-6-9-17-31(27)34(33)29-15-7-4-11-23(29)24-12-5-8-16-30(24)34/h2-20H,1H3. The average Bonchev–Trinajstić information content (AvgIpc) is 3.37. The van der Waals surface area contributed by atoms with E-state index in [1.54, 1.807) is 20.7 Å². The van der Waals surface area contributed by atoms with E-state index < -0.39 is 8.07 Å². The molecule has 34 heavy (non-hydrogen) atoms. The first-order chi connectivity index (χ1) is 16.8. The first-order valence-electron chi connectivity index (χ1n) is 12.0. The molecule has 158 valence electrons. The zero-order valence-corrected chi connectivity index (χ0v) is 20.0. The molecule has 6 aromatic carbocycles. The van der Waals surface area contributed by atoms with Crippen molar-refractivity contribution < 1.29 is 0 Å². The minimum atomic E-state index is -2.45. The van der Waals surface area contributed by atoms with Crippen molar-refractivity contribution in [2.45, 2.75) is 6.92 Å². The van der Waals surface area contributed by atoms with Crippen molar-refractivity contribution in [2.24, 2.45) is 0 Å². The van der Waals surface area contributed by atoms with Crippen molar-refractivity contribution in [2.75, 3.05) is 0 Å². The summed E-state index contributed by atoms with van der Waals surface area (Å²) in [6, 6.07) is 43.8. The molecule has 0 saturated carbocycles. The molecule has 1 heteroatoms. The molecule has 0 bridgehead atoms. The van der Waals surface area contributed by atoms with Crippen molar-refractivity contribution in [1.82, 2.24) is 0 Å². The summed E-state index contributed by atoms with van der Waals surface area (Å²) in [6.07, 6.45) is 0. The van der Waals surface area contributed by atoms with Crippen LogP contribution in [0.3, 0.4) is 0 Å². The second-order valence-corrected chi connectivity index (χ2v) is 13.3. The maximum Gasteiger partial charge on any atom is 0.182 e. The van der Waals surface area contributed by atoms with Gasteiger partial charge in [0.05, 0.1) is 0 Å². The second-order valence-electron chi connectivity index (χ2n) is 9.73. The van der Waals surface area contributed by atoms with E-state index in [-0.39, 0.29) is 0 Å². The zero-order valence-electron chi connectivity index (χ0n) is 19.0. The highest BCUT2D eigenvalue weighted by molar-refractivity contribution is 7.25. The lowest BCUT2D eigenvalue weighted by Crippen LogP contribution is -2.70. The summed E-state index contributed by atoms with van der Waals surface area (Å²) in [5, 5.41) is 11.8. The molecular formula is C33H22Si. The van der Waals surface area contributed by atoms with Gasteiger partial charge < -0.3 is 0 Å². The van der Waals surface area contributed by atoms with E-state index >= 15 is 0 Å². The topological polar surface area (TPSA) is 0 Å². The van der Waals surface area contributed by atoms with Gasteiger partial charge in [-0.05, 0) is 71.5 Å². The molecule has 0 amide bonds. The molecular weight excluding hydrogens is 424 g/mol. The minimum absolute atomic E-state index is 1.31. The Morgan fingerprint density at radius 2 is 0.971 bits per heavy atom. The largest absolute Gasteiger partial charge is 0.182 e. The molecule has 2 aliphatic rings. The van der Waals surface area contributed by atoms with E-state index in [9.17, 15) is 0 Å². The Bertz CT molecular complexity index is 1780. The lowest BCUT2D eigenvalue weighted by atomic mass is 9.92. The van der Waals surface area contributed by atoms with E-state index in [2.05, 4.69) is 122 Å². The van der Waals surface area contributed by atoms with Gasteiger partial charge in [-0.1, -0.05) is 121 Å². The van der Waals surface area contributed by atoms with Crippen molar-refractivity contribution >= 4 is 50.4 Å². The van der Waals surface area contributed by atoms with Gasteiger partial charge in [0.2, 0.25) is 0 Å². The van der Waals surface area contributed by atoms with Gasteiger partial charge in [0.1, 0.15) is 0 Å². The number of hydrogen-bond donors (Lipinski definition) is 0. The van der Waals surface area contributed by atoms with E-state index in [0.29, 0.717) is 0 Å². The van der Waals surface area contributed by atoms with Crippen molar-refractivity contribution in [1.29, 1.82) is 0 Å². The highest BCUT2D eigenvalue weighted by Crippen LogP contribution is 2.42. The van der Waals surface area contributed by atoms with Crippen LogP contribution in [0.5, 0.6) is 0 Å². The van der Waals surface area contributed by atoms with Crippen LogP contribution in [0.25, 0.3) is 43.8 Å². The zero-order chi connectivity index (χ0) is 22.4. The fourth-order valence-electron chi connectivity index (χ4n) is 6.93. The van der Waals surface area contributed by atoms with Crippen LogP contribution in [0.4, 0.5) is 0 Å². The number of hydrogen-bond acceptors (Lipinski definition) is 0. The molecule has 0 N–H and O–H groups in total. The molecule has 0 aliphatic carbocycles. The van der Waals surface area contributed by atoms with Gasteiger partial charge in [0.15, 0.2) is 8.07 Å². The van der Waals surface area contributed by atoms with Gasteiger partial charge in [0, 0.05) is 0 Å². The van der Waals surface area contributed by atoms with Gasteiger partial charge in [-0.25, -0.2) is 0 Å². The third-order valence-electron chi connectivity index (χ3n) is 8.11. The van der Waals surface area contributed by atoms with E-state index in [1.807, 2.05) is 0 Å². The molecule has 0 radical (unpaired) electrons. The molecule has 2 heterocycles. The molecule has 1 spiro atoms. The normalized spacial score (nSPS) is 14.3. The first kappa shape index (κ1) is 18.5. The van der Waals surface area contributed by atoms with Crippen LogP contribution < -0.4 is 20.7 Å². The van der Waals surface area contributed by atoms with Gasteiger partial charge >= 0.3 is 0 Å². The summed E-state index contributed by atoms with van der Waals surface area (Å²) >= 11 is 0. The lowest BCUT2D eigenvalue weighted by molar-refractivity contribution is 1.51. The summed E-state index contributed by atoms with van der Waals surface area (Å²) in [7, 11) is -2.45. The molecule has 2 aliphatic heterocycles. The van der Waals surface area contributed by atoms with Crippen LogP contribution >= 0.6 is 0 Å².